The zero-order valence-electron chi connectivity index (χ0n) is 10.2. The topological polar surface area (TPSA) is 55.1 Å². The second-order valence-electron chi connectivity index (χ2n) is 4.56. The van der Waals surface area contributed by atoms with Crippen LogP contribution in [0.15, 0.2) is 12.1 Å². The number of amides is 1. The van der Waals surface area contributed by atoms with Gasteiger partial charge in [0.2, 0.25) is 5.91 Å². The Hall–Kier alpha value is -1.56. The summed E-state index contributed by atoms with van der Waals surface area (Å²) >= 11 is 0. The Morgan fingerprint density at radius 2 is 1.89 bits per heavy atom. The van der Waals surface area contributed by atoms with Gasteiger partial charge in [0.25, 0.3) is 0 Å². The fourth-order valence-corrected chi connectivity index (χ4v) is 1.30. The maximum atomic E-state index is 13.3. The number of halogens is 3. The maximum Gasteiger partial charge on any atom is 0.239 e. The molecule has 0 spiro atoms. The number of nitrogens with two attached hydrogens (primary N) is 1. The zero-order valence-corrected chi connectivity index (χ0v) is 10.2. The van der Waals surface area contributed by atoms with E-state index < -0.39 is 28.9 Å². The average molecular weight is 260 g/mol. The molecular formula is C12H15F3N2O. The SMILES string of the molecule is CC(C)(N)C(=O)NCCc1ccc(F)c(F)c1F. The molecule has 0 aromatic heterocycles. The highest BCUT2D eigenvalue weighted by atomic mass is 19.2. The third-order valence-corrected chi connectivity index (χ3v) is 2.38. The van der Waals surface area contributed by atoms with Crippen LogP contribution < -0.4 is 11.1 Å². The Balaban J connectivity index is 2.61. The summed E-state index contributed by atoms with van der Waals surface area (Å²) in [4.78, 5) is 11.4. The first-order chi connectivity index (χ1) is 8.23. The number of benzene rings is 1. The number of carbonyl (C=O) groups is 1. The molecule has 1 amide bonds. The van der Waals surface area contributed by atoms with Gasteiger partial charge in [-0.2, -0.15) is 0 Å². The highest BCUT2D eigenvalue weighted by Gasteiger charge is 2.21. The summed E-state index contributed by atoms with van der Waals surface area (Å²) in [6.45, 7) is 3.16. The van der Waals surface area contributed by atoms with Gasteiger partial charge in [0.05, 0.1) is 5.54 Å². The van der Waals surface area contributed by atoms with E-state index in [0.29, 0.717) is 0 Å². The lowest BCUT2D eigenvalue weighted by atomic mass is 10.1. The van der Waals surface area contributed by atoms with Crippen molar-refractivity contribution in [1.29, 1.82) is 0 Å². The minimum Gasteiger partial charge on any atom is -0.354 e. The smallest absolute Gasteiger partial charge is 0.239 e. The van der Waals surface area contributed by atoms with E-state index in [-0.39, 0.29) is 18.5 Å². The van der Waals surface area contributed by atoms with Gasteiger partial charge in [0.15, 0.2) is 17.5 Å². The molecule has 1 aromatic carbocycles. The Morgan fingerprint density at radius 1 is 1.28 bits per heavy atom. The normalized spacial score (nSPS) is 11.4. The van der Waals surface area contributed by atoms with Crippen molar-refractivity contribution in [3.05, 3.63) is 35.1 Å². The van der Waals surface area contributed by atoms with Gasteiger partial charge in [0.1, 0.15) is 0 Å². The molecule has 0 atom stereocenters. The van der Waals surface area contributed by atoms with E-state index in [1.807, 2.05) is 0 Å². The van der Waals surface area contributed by atoms with Crippen LogP contribution in [0.2, 0.25) is 0 Å². The highest BCUT2D eigenvalue weighted by Crippen LogP contribution is 2.15. The van der Waals surface area contributed by atoms with E-state index in [2.05, 4.69) is 5.32 Å². The molecule has 0 radical (unpaired) electrons. The van der Waals surface area contributed by atoms with Gasteiger partial charge >= 0.3 is 0 Å². The predicted molar refractivity (Wildman–Crippen MR) is 61.3 cm³/mol. The lowest BCUT2D eigenvalue weighted by Crippen LogP contribution is -2.49. The first-order valence-electron chi connectivity index (χ1n) is 5.43. The van der Waals surface area contributed by atoms with Gasteiger partial charge in [-0.1, -0.05) is 6.07 Å². The molecule has 0 bridgehead atoms. The molecule has 18 heavy (non-hydrogen) atoms. The average Bonchev–Trinajstić information content (AvgIpc) is 2.27. The molecule has 0 unspecified atom stereocenters. The molecule has 100 valence electrons. The van der Waals surface area contributed by atoms with E-state index >= 15 is 0 Å². The second kappa shape index (κ2) is 5.39. The molecule has 0 saturated carbocycles. The van der Waals surface area contributed by atoms with E-state index in [1.165, 1.54) is 13.8 Å². The monoisotopic (exact) mass is 260 g/mol. The molecular weight excluding hydrogens is 245 g/mol. The number of rotatable bonds is 4. The molecule has 0 heterocycles. The van der Waals surface area contributed by atoms with Gasteiger partial charge in [-0.3, -0.25) is 4.79 Å². The molecule has 0 aliphatic heterocycles. The van der Waals surface area contributed by atoms with Crippen molar-refractivity contribution in [2.24, 2.45) is 5.73 Å². The predicted octanol–water partition coefficient (Wildman–Crippen LogP) is 1.50. The third kappa shape index (κ3) is 3.46. The summed E-state index contributed by atoms with van der Waals surface area (Å²) in [6.07, 6.45) is 0.0604. The molecule has 0 aliphatic rings. The fraction of sp³-hybridized carbons (Fsp3) is 0.417. The number of hydrogen-bond acceptors (Lipinski definition) is 2. The van der Waals surface area contributed by atoms with Crippen molar-refractivity contribution in [2.45, 2.75) is 25.8 Å². The van der Waals surface area contributed by atoms with Gasteiger partial charge in [-0.25, -0.2) is 13.2 Å². The largest absolute Gasteiger partial charge is 0.354 e. The molecule has 3 nitrogen and oxygen atoms in total. The van der Waals surface area contributed by atoms with E-state index in [9.17, 15) is 18.0 Å². The summed E-state index contributed by atoms with van der Waals surface area (Å²) < 4.78 is 38.8. The van der Waals surface area contributed by atoms with Crippen LogP contribution in [0.4, 0.5) is 13.2 Å². The van der Waals surface area contributed by atoms with Crippen LogP contribution in [0.3, 0.4) is 0 Å². The molecule has 0 fully saturated rings. The summed E-state index contributed by atoms with van der Waals surface area (Å²) in [5, 5.41) is 2.49. The van der Waals surface area contributed by atoms with Gasteiger partial charge in [-0.05, 0) is 31.9 Å². The van der Waals surface area contributed by atoms with Crippen molar-refractivity contribution in [1.82, 2.24) is 5.32 Å². The number of nitrogens with one attached hydrogen (secondary N) is 1. The summed E-state index contributed by atoms with van der Waals surface area (Å²) in [7, 11) is 0. The number of carbonyl (C=O) groups excluding carboxylic acids is 1. The minimum absolute atomic E-state index is 0.00373. The van der Waals surface area contributed by atoms with Crippen LogP contribution in [0, 0.1) is 17.5 Å². The van der Waals surface area contributed by atoms with Crippen LogP contribution in [0.1, 0.15) is 19.4 Å². The summed E-state index contributed by atoms with van der Waals surface area (Å²) in [6, 6.07) is 2.00. The van der Waals surface area contributed by atoms with Gasteiger partial charge in [-0.15, -0.1) is 0 Å². The van der Waals surface area contributed by atoms with Crippen molar-refractivity contribution in [3.63, 3.8) is 0 Å². The minimum atomic E-state index is -1.50. The third-order valence-electron chi connectivity index (χ3n) is 2.38. The molecule has 6 heteroatoms. The molecule has 3 N–H and O–H groups in total. The lowest BCUT2D eigenvalue weighted by Gasteiger charge is -2.17. The molecule has 0 aliphatic carbocycles. The van der Waals surface area contributed by atoms with Crippen LogP contribution in [0.25, 0.3) is 0 Å². The van der Waals surface area contributed by atoms with Crippen LogP contribution in [-0.2, 0) is 11.2 Å². The van der Waals surface area contributed by atoms with Crippen molar-refractivity contribution >= 4 is 5.91 Å². The quantitative estimate of drug-likeness (QED) is 0.806. The van der Waals surface area contributed by atoms with Crippen LogP contribution >= 0.6 is 0 Å². The maximum absolute atomic E-state index is 13.3. The Kier molecular flexibility index (Phi) is 4.34. The number of hydrogen-bond donors (Lipinski definition) is 2. The highest BCUT2D eigenvalue weighted by molar-refractivity contribution is 5.84. The zero-order chi connectivity index (χ0) is 13.9. The molecule has 1 aromatic rings. The van der Waals surface area contributed by atoms with Gasteiger partial charge in [0, 0.05) is 6.54 Å². The Labute approximate surface area is 103 Å². The molecule has 1 rings (SSSR count). The van der Waals surface area contributed by atoms with Crippen molar-refractivity contribution < 1.29 is 18.0 Å². The summed E-state index contributed by atoms with van der Waals surface area (Å²) in [5.74, 6) is -4.36. The van der Waals surface area contributed by atoms with Gasteiger partial charge < -0.3 is 11.1 Å². The molecule has 0 saturated heterocycles. The van der Waals surface area contributed by atoms with E-state index in [0.717, 1.165) is 12.1 Å². The van der Waals surface area contributed by atoms with Crippen molar-refractivity contribution in [3.8, 4) is 0 Å². The lowest BCUT2D eigenvalue weighted by molar-refractivity contribution is -0.125. The Bertz CT molecular complexity index is 455. The van der Waals surface area contributed by atoms with E-state index in [1.54, 1.807) is 0 Å². The second-order valence-corrected chi connectivity index (χ2v) is 4.56. The standard InChI is InChI=1S/C12H15F3N2O/c1-12(2,16)11(18)17-6-5-7-3-4-8(13)10(15)9(7)14/h3-4H,5-6,16H2,1-2H3,(H,17,18). The first-order valence-corrected chi connectivity index (χ1v) is 5.43. The Morgan fingerprint density at radius 3 is 2.44 bits per heavy atom. The van der Waals surface area contributed by atoms with E-state index in [4.69, 9.17) is 5.73 Å². The first kappa shape index (κ1) is 14.5. The fourth-order valence-electron chi connectivity index (χ4n) is 1.30. The summed E-state index contributed by atoms with van der Waals surface area (Å²) in [5.41, 5.74) is 4.51. The van der Waals surface area contributed by atoms with Crippen LogP contribution in [0.5, 0.6) is 0 Å². The van der Waals surface area contributed by atoms with Crippen LogP contribution in [-0.4, -0.2) is 18.0 Å². The van der Waals surface area contributed by atoms with Crippen molar-refractivity contribution in [2.75, 3.05) is 6.54 Å².